The van der Waals surface area contributed by atoms with Crippen LogP contribution in [0.4, 0.5) is 0 Å². The predicted octanol–water partition coefficient (Wildman–Crippen LogP) is 5.38. The van der Waals surface area contributed by atoms with Crippen LogP contribution in [0.3, 0.4) is 0 Å². The summed E-state index contributed by atoms with van der Waals surface area (Å²) in [7, 11) is 0. The Morgan fingerprint density at radius 2 is 1.73 bits per heavy atom. The number of fused-ring (bicyclic) bond motifs is 2. The summed E-state index contributed by atoms with van der Waals surface area (Å²) in [5, 5.41) is 11.5. The molecule has 0 bridgehead atoms. The SMILES string of the molecule is CC(C)Oc1ccc(-c2n[nH]c3cc4[nH]c(C(=O)N[C@H](C)c5ccccc5)nc4cc23)cc1. The summed E-state index contributed by atoms with van der Waals surface area (Å²) in [4.78, 5) is 20.5. The van der Waals surface area contributed by atoms with Crippen LogP contribution >= 0.6 is 0 Å². The van der Waals surface area contributed by atoms with E-state index in [1.807, 2.05) is 87.5 Å². The number of amides is 1. The first-order valence-corrected chi connectivity index (χ1v) is 11.0. The molecule has 5 rings (SSSR count). The number of nitrogens with one attached hydrogen (secondary N) is 3. The molecule has 0 spiro atoms. The minimum Gasteiger partial charge on any atom is -0.491 e. The van der Waals surface area contributed by atoms with E-state index < -0.39 is 0 Å². The Morgan fingerprint density at radius 3 is 2.45 bits per heavy atom. The van der Waals surface area contributed by atoms with Crippen LogP contribution in [0.1, 0.15) is 43.0 Å². The Balaban J connectivity index is 1.43. The van der Waals surface area contributed by atoms with E-state index in [-0.39, 0.29) is 23.9 Å². The van der Waals surface area contributed by atoms with Gasteiger partial charge in [0.2, 0.25) is 0 Å². The van der Waals surface area contributed by atoms with Crippen LogP contribution in [0.5, 0.6) is 5.75 Å². The lowest BCUT2D eigenvalue weighted by Crippen LogP contribution is -2.27. The van der Waals surface area contributed by atoms with Crippen LogP contribution in [0.15, 0.2) is 66.7 Å². The average molecular weight is 440 g/mol. The van der Waals surface area contributed by atoms with Crippen LogP contribution in [0.25, 0.3) is 33.2 Å². The highest BCUT2D eigenvalue weighted by Crippen LogP contribution is 2.30. The molecule has 1 atom stereocenters. The molecule has 7 heteroatoms. The second-order valence-corrected chi connectivity index (χ2v) is 8.37. The highest BCUT2D eigenvalue weighted by molar-refractivity contribution is 6.02. The molecule has 0 saturated carbocycles. The molecule has 2 heterocycles. The number of hydrogen-bond donors (Lipinski definition) is 3. The van der Waals surface area contributed by atoms with Crippen molar-refractivity contribution >= 4 is 27.8 Å². The molecule has 3 aromatic carbocycles. The number of H-pyrrole nitrogens is 2. The van der Waals surface area contributed by atoms with E-state index in [9.17, 15) is 4.79 Å². The first kappa shape index (κ1) is 20.8. The second-order valence-electron chi connectivity index (χ2n) is 8.37. The topological polar surface area (TPSA) is 95.7 Å². The fraction of sp³-hybridized carbons (Fsp3) is 0.192. The van der Waals surface area contributed by atoms with E-state index in [1.54, 1.807) is 0 Å². The lowest BCUT2D eigenvalue weighted by molar-refractivity contribution is 0.0930. The number of ether oxygens (including phenoxy) is 1. The molecule has 0 aliphatic carbocycles. The third kappa shape index (κ3) is 4.17. The van der Waals surface area contributed by atoms with Gasteiger partial charge in [-0.1, -0.05) is 30.3 Å². The highest BCUT2D eigenvalue weighted by Gasteiger charge is 2.17. The van der Waals surface area contributed by atoms with Gasteiger partial charge in [-0.2, -0.15) is 5.10 Å². The third-order valence-corrected chi connectivity index (χ3v) is 5.53. The number of carbonyl (C=O) groups is 1. The largest absolute Gasteiger partial charge is 0.491 e. The number of imidazole rings is 1. The third-order valence-electron chi connectivity index (χ3n) is 5.53. The van der Waals surface area contributed by atoms with Crippen LogP contribution in [-0.2, 0) is 0 Å². The molecule has 0 saturated heterocycles. The first-order chi connectivity index (χ1) is 16.0. The second kappa shape index (κ2) is 8.43. The Kier molecular flexibility index (Phi) is 5.30. The van der Waals surface area contributed by atoms with Crippen molar-refractivity contribution in [3.8, 4) is 17.0 Å². The summed E-state index contributed by atoms with van der Waals surface area (Å²) in [6.07, 6.45) is 0.122. The molecular weight excluding hydrogens is 414 g/mol. The van der Waals surface area contributed by atoms with Gasteiger partial charge >= 0.3 is 0 Å². The van der Waals surface area contributed by atoms with Crippen LogP contribution in [0.2, 0.25) is 0 Å². The Morgan fingerprint density at radius 1 is 0.970 bits per heavy atom. The van der Waals surface area contributed by atoms with E-state index in [0.29, 0.717) is 5.52 Å². The monoisotopic (exact) mass is 439 g/mol. The van der Waals surface area contributed by atoms with Crippen molar-refractivity contribution in [3.05, 3.63) is 78.1 Å². The maximum absolute atomic E-state index is 12.8. The molecule has 5 aromatic rings. The van der Waals surface area contributed by atoms with E-state index in [0.717, 1.165) is 39.0 Å². The molecule has 0 aliphatic heterocycles. The Labute approximate surface area is 191 Å². The van der Waals surface area contributed by atoms with Crippen molar-refractivity contribution in [1.82, 2.24) is 25.5 Å². The van der Waals surface area contributed by atoms with E-state index in [1.165, 1.54) is 0 Å². The molecular formula is C26H25N5O2. The van der Waals surface area contributed by atoms with Gasteiger partial charge in [0.25, 0.3) is 5.91 Å². The quantitative estimate of drug-likeness (QED) is 0.331. The van der Waals surface area contributed by atoms with Gasteiger partial charge in [0.05, 0.1) is 34.4 Å². The predicted molar refractivity (Wildman–Crippen MR) is 129 cm³/mol. The summed E-state index contributed by atoms with van der Waals surface area (Å²) in [6, 6.07) is 21.5. The zero-order valence-corrected chi connectivity index (χ0v) is 18.7. The number of aromatic amines is 2. The molecule has 7 nitrogen and oxygen atoms in total. The van der Waals surface area contributed by atoms with Gasteiger partial charge in [0.1, 0.15) is 5.75 Å². The van der Waals surface area contributed by atoms with Gasteiger partial charge in [0.15, 0.2) is 5.82 Å². The van der Waals surface area contributed by atoms with Crippen molar-refractivity contribution in [1.29, 1.82) is 0 Å². The highest BCUT2D eigenvalue weighted by atomic mass is 16.5. The summed E-state index contributed by atoms with van der Waals surface area (Å²) in [5.74, 6) is 0.860. The fourth-order valence-electron chi connectivity index (χ4n) is 3.90. The molecule has 0 aliphatic rings. The average Bonchev–Trinajstić information content (AvgIpc) is 3.42. The van der Waals surface area contributed by atoms with E-state index >= 15 is 0 Å². The first-order valence-electron chi connectivity index (χ1n) is 11.0. The smallest absolute Gasteiger partial charge is 0.287 e. The number of nitrogens with zero attached hydrogens (tertiary/aromatic N) is 2. The van der Waals surface area contributed by atoms with Crippen LogP contribution < -0.4 is 10.1 Å². The van der Waals surface area contributed by atoms with Crippen molar-refractivity contribution in [2.75, 3.05) is 0 Å². The summed E-state index contributed by atoms with van der Waals surface area (Å²) < 4.78 is 5.73. The maximum atomic E-state index is 12.8. The molecule has 0 unspecified atom stereocenters. The van der Waals surface area contributed by atoms with Crippen LogP contribution in [0, 0.1) is 0 Å². The number of carbonyl (C=O) groups excluding carboxylic acids is 1. The molecule has 166 valence electrons. The van der Waals surface area contributed by atoms with E-state index in [4.69, 9.17) is 4.74 Å². The number of benzene rings is 3. The van der Waals surface area contributed by atoms with Crippen molar-refractivity contribution in [2.45, 2.75) is 32.9 Å². The lowest BCUT2D eigenvalue weighted by atomic mass is 10.1. The van der Waals surface area contributed by atoms with Gasteiger partial charge in [-0.3, -0.25) is 9.89 Å². The van der Waals surface area contributed by atoms with Crippen molar-refractivity contribution < 1.29 is 9.53 Å². The number of rotatable bonds is 6. The molecule has 2 aromatic heterocycles. The Hall–Kier alpha value is -4.13. The number of hydrogen-bond acceptors (Lipinski definition) is 4. The van der Waals surface area contributed by atoms with Gasteiger partial charge in [-0.15, -0.1) is 0 Å². The molecule has 1 amide bonds. The van der Waals surface area contributed by atoms with Gasteiger partial charge in [-0.05, 0) is 62.7 Å². The molecule has 0 fully saturated rings. The lowest BCUT2D eigenvalue weighted by Gasteiger charge is -2.12. The van der Waals surface area contributed by atoms with E-state index in [2.05, 4.69) is 25.5 Å². The summed E-state index contributed by atoms with van der Waals surface area (Å²) in [5.41, 5.74) is 5.19. The number of aromatic nitrogens is 4. The van der Waals surface area contributed by atoms with Gasteiger partial charge in [-0.25, -0.2) is 4.98 Å². The standard InChI is InChI=1S/C26H25N5O2/c1-15(2)33-19-11-9-18(10-12-19)24-20-13-22-23(14-21(20)30-31-24)29-25(28-22)26(32)27-16(3)17-7-5-4-6-8-17/h4-16H,1-3H3,(H,27,32)(H,28,29)(H,30,31)/t16-/m1/s1. The minimum absolute atomic E-state index is 0.122. The summed E-state index contributed by atoms with van der Waals surface area (Å²) >= 11 is 0. The van der Waals surface area contributed by atoms with Crippen LogP contribution in [-0.4, -0.2) is 32.2 Å². The van der Waals surface area contributed by atoms with Crippen molar-refractivity contribution in [3.63, 3.8) is 0 Å². The fourth-order valence-corrected chi connectivity index (χ4v) is 3.90. The maximum Gasteiger partial charge on any atom is 0.287 e. The van der Waals surface area contributed by atoms with Gasteiger partial charge in [0, 0.05) is 10.9 Å². The minimum atomic E-state index is -0.245. The van der Waals surface area contributed by atoms with Crippen molar-refractivity contribution in [2.24, 2.45) is 0 Å². The van der Waals surface area contributed by atoms with Gasteiger partial charge < -0.3 is 15.0 Å². The molecule has 3 N–H and O–H groups in total. The molecule has 0 radical (unpaired) electrons. The molecule has 33 heavy (non-hydrogen) atoms. The zero-order valence-electron chi connectivity index (χ0n) is 18.7. The Bertz CT molecular complexity index is 1420. The summed E-state index contributed by atoms with van der Waals surface area (Å²) in [6.45, 7) is 5.96. The zero-order chi connectivity index (χ0) is 22.9. The normalized spacial score (nSPS) is 12.4.